The van der Waals surface area contributed by atoms with Crippen LogP contribution in [0.15, 0.2) is 42.5 Å². The molecular weight excluding hydrogens is 369 g/mol. The molecule has 1 nitrogen and oxygen atoms in total. The molecule has 0 aromatic heterocycles. The van der Waals surface area contributed by atoms with Crippen LogP contribution in [0.25, 0.3) is 0 Å². The molecular formula is C16H17ClIN. The van der Waals surface area contributed by atoms with Crippen molar-refractivity contribution in [2.24, 2.45) is 0 Å². The van der Waals surface area contributed by atoms with Crippen molar-refractivity contribution in [2.75, 3.05) is 7.05 Å². The van der Waals surface area contributed by atoms with E-state index < -0.39 is 0 Å². The number of hydrogen-bond acceptors (Lipinski definition) is 1. The Bertz CT molecular complexity index is 568. The van der Waals surface area contributed by atoms with E-state index >= 15 is 0 Å². The second-order valence-electron chi connectivity index (χ2n) is 4.70. The normalized spacial score (nSPS) is 12.4. The molecule has 0 heterocycles. The molecule has 0 bridgehead atoms. The molecule has 0 amide bonds. The van der Waals surface area contributed by atoms with Crippen molar-refractivity contribution >= 4 is 34.2 Å². The summed E-state index contributed by atoms with van der Waals surface area (Å²) in [5.41, 5.74) is 3.68. The minimum Gasteiger partial charge on any atom is -0.313 e. The third-order valence-electron chi connectivity index (χ3n) is 3.23. The van der Waals surface area contributed by atoms with Crippen LogP contribution in [-0.2, 0) is 6.42 Å². The Morgan fingerprint density at radius 1 is 1.21 bits per heavy atom. The predicted molar refractivity (Wildman–Crippen MR) is 90.9 cm³/mol. The third kappa shape index (κ3) is 3.94. The highest BCUT2D eigenvalue weighted by Gasteiger charge is 2.12. The van der Waals surface area contributed by atoms with Crippen LogP contribution in [0.4, 0.5) is 0 Å². The van der Waals surface area contributed by atoms with Gasteiger partial charge in [-0.05, 0) is 77.9 Å². The molecule has 1 atom stereocenters. The number of rotatable bonds is 4. The van der Waals surface area contributed by atoms with Crippen molar-refractivity contribution < 1.29 is 0 Å². The summed E-state index contributed by atoms with van der Waals surface area (Å²) in [4.78, 5) is 0. The predicted octanol–water partition coefficient (Wildman–Crippen LogP) is 4.76. The summed E-state index contributed by atoms with van der Waals surface area (Å²) < 4.78 is 1.25. The molecule has 2 aromatic carbocycles. The quantitative estimate of drug-likeness (QED) is 0.749. The lowest BCUT2D eigenvalue weighted by molar-refractivity contribution is 0.592. The highest BCUT2D eigenvalue weighted by Crippen LogP contribution is 2.25. The van der Waals surface area contributed by atoms with Gasteiger partial charge in [-0.2, -0.15) is 0 Å². The van der Waals surface area contributed by atoms with Gasteiger partial charge in [0.15, 0.2) is 0 Å². The summed E-state index contributed by atoms with van der Waals surface area (Å²) in [5, 5.41) is 4.23. The van der Waals surface area contributed by atoms with Gasteiger partial charge < -0.3 is 5.32 Å². The minimum atomic E-state index is 0.287. The number of nitrogens with one attached hydrogen (secondary N) is 1. The van der Waals surface area contributed by atoms with Gasteiger partial charge in [0.1, 0.15) is 0 Å². The van der Waals surface area contributed by atoms with Gasteiger partial charge in [-0.25, -0.2) is 0 Å². The Hall–Kier alpha value is -0.580. The van der Waals surface area contributed by atoms with Gasteiger partial charge in [0.2, 0.25) is 0 Å². The molecule has 0 aliphatic rings. The summed E-state index contributed by atoms with van der Waals surface area (Å²) in [7, 11) is 1.99. The summed E-state index contributed by atoms with van der Waals surface area (Å²) >= 11 is 8.66. The van der Waals surface area contributed by atoms with Crippen molar-refractivity contribution in [3.8, 4) is 0 Å². The number of likely N-dealkylation sites (N-methyl/N-ethyl adjacent to an activating group) is 1. The van der Waals surface area contributed by atoms with Crippen molar-refractivity contribution in [3.63, 3.8) is 0 Å². The van der Waals surface area contributed by atoms with Gasteiger partial charge in [-0.15, -0.1) is 0 Å². The van der Waals surface area contributed by atoms with E-state index in [-0.39, 0.29) is 6.04 Å². The number of benzene rings is 2. The largest absolute Gasteiger partial charge is 0.313 e. The fraction of sp³-hybridized carbons (Fsp3) is 0.250. The lowest BCUT2D eigenvalue weighted by atomic mass is 9.98. The zero-order valence-corrected chi connectivity index (χ0v) is 14.0. The lowest BCUT2D eigenvalue weighted by Crippen LogP contribution is -2.19. The number of hydrogen-bond donors (Lipinski definition) is 1. The van der Waals surface area contributed by atoms with Crippen LogP contribution in [0.3, 0.4) is 0 Å². The number of halogens is 2. The molecule has 0 spiro atoms. The maximum Gasteiger partial charge on any atom is 0.0441 e. The van der Waals surface area contributed by atoms with Crippen molar-refractivity contribution in [2.45, 2.75) is 19.4 Å². The van der Waals surface area contributed by atoms with Gasteiger partial charge in [0, 0.05) is 14.6 Å². The fourth-order valence-electron chi connectivity index (χ4n) is 2.15. The first-order chi connectivity index (χ1) is 9.10. The van der Waals surface area contributed by atoms with Crippen LogP contribution < -0.4 is 5.32 Å². The van der Waals surface area contributed by atoms with Gasteiger partial charge in [-0.3, -0.25) is 0 Å². The first-order valence-corrected chi connectivity index (χ1v) is 7.73. The molecule has 0 saturated heterocycles. The van der Waals surface area contributed by atoms with Gasteiger partial charge in [-0.1, -0.05) is 35.9 Å². The lowest BCUT2D eigenvalue weighted by Gasteiger charge is -2.18. The molecule has 0 saturated carbocycles. The van der Waals surface area contributed by atoms with Gasteiger partial charge in [0.05, 0.1) is 0 Å². The van der Waals surface area contributed by atoms with Gasteiger partial charge >= 0.3 is 0 Å². The van der Waals surface area contributed by atoms with E-state index in [1.807, 2.05) is 13.1 Å². The minimum absolute atomic E-state index is 0.287. The first kappa shape index (κ1) is 14.8. The molecule has 19 heavy (non-hydrogen) atoms. The standard InChI is InChI=1S/C16H17ClIN/c1-11-6-7-12(15(17)8-11)10-16(19-2)13-4-3-5-14(18)9-13/h3-9,16,19H,10H2,1-2H3. The molecule has 0 aliphatic carbocycles. The Labute approximate surface area is 133 Å². The van der Waals surface area contributed by atoms with Crippen LogP contribution in [0.5, 0.6) is 0 Å². The molecule has 2 rings (SSSR count). The van der Waals surface area contributed by atoms with Crippen LogP contribution in [0.2, 0.25) is 5.02 Å². The van der Waals surface area contributed by atoms with Crippen LogP contribution >= 0.6 is 34.2 Å². The maximum atomic E-state index is 6.32. The van der Waals surface area contributed by atoms with E-state index in [2.05, 4.69) is 71.2 Å². The van der Waals surface area contributed by atoms with E-state index in [4.69, 9.17) is 11.6 Å². The summed E-state index contributed by atoms with van der Waals surface area (Å²) in [6, 6.07) is 15.1. The highest BCUT2D eigenvalue weighted by atomic mass is 127. The Balaban J connectivity index is 2.24. The van der Waals surface area contributed by atoms with E-state index in [1.165, 1.54) is 20.3 Å². The van der Waals surface area contributed by atoms with E-state index in [0.29, 0.717) is 0 Å². The zero-order chi connectivity index (χ0) is 13.8. The van der Waals surface area contributed by atoms with Crippen LogP contribution in [0, 0.1) is 10.5 Å². The average Bonchev–Trinajstić information content (AvgIpc) is 2.38. The summed E-state index contributed by atoms with van der Waals surface area (Å²) in [6.07, 6.45) is 0.899. The topological polar surface area (TPSA) is 12.0 Å². The summed E-state index contributed by atoms with van der Waals surface area (Å²) in [5.74, 6) is 0. The Morgan fingerprint density at radius 2 is 2.00 bits per heavy atom. The Morgan fingerprint density at radius 3 is 2.63 bits per heavy atom. The van der Waals surface area contributed by atoms with Gasteiger partial charge in [0.25, 0.3) is 0 Å². The van der Waals surface area contributed by atoms with Crippen molar-refractivity contribution in [3.05, 3.63) is 67.7 Å². The number of aryl methyl sites for hydroxylation is 1. The van der Waals surface area contributed by atoms with Crippen molar-refractivity contribution in [1.29, 1.82) is 0 Å². The molecule has 0 aliphatic heterocycles. The van der Waals surface area contributed by atoms with Crippen LogP contribution in [0.1, 0.15) is 22.7 Å². The van der Waals surface area contributed by atoms with Crippen LogP contribution in [-0.4, -0.2) is 7.05 Å². The summed E-state index contributed by atoms with van der Waals surface area (Å²) in [6.45, 7) is 2.06. The van der Waals surface area contributed by atoms with Crippen molar-refractivity contribution in [1.82, 2.24) is 5.32 Å². The van der Waals surface area contributed by atoms with E-state index in [0.717, 1.165) is 11.4 Å². The second-order valence-corrected chi connectivity index (χ2v) is 6.35. The smallest absolute Gasteiger partial charge is 0.0441 e. The molecule has 0 radical (unpaired) electrons. The zero-order valence-electron chi connectivity index (χ0n) is 11.1. The monoisotopic (exact) mass is 385 g/mol. The Kier molecular flexibility index (Phi) is 5.25. The third-order valence-corrected chi connectivity index (χ3v) is 4.25. The molecule has 1 unspecified atom stereocenters. The molecule has 1 N–H and O–H groups in total. The molecule has 0 fully saturated rings. The molecule has 100 valence electrons. The molecule has 2 aromatic rings. The van der Waals surface area contributed by atoms with E-state index in [1.54, 1.807) is 0 Å². The fourth-order valence-corrected chi connectivity index (χ4v) is 3.03. The second kappa shape index (κ2) is 6.73. The average molecular weight is 386 g/mol. The first-order valence-electron chi connectivity index (χ1n) is 6.28. The highest BCUT2D eigenvalue weighted by molar-refractivity contribution is 14.1. The SMILES string of the molecule is CNC(Cc1ccc(C)cc1Cl)c1cccc(I)c1. The van der Waals surface area contributed by atoms with E-state index in [9.17, 15) is 0 Å². The molecule has 3 heteroatoms. The maximum absolute atomic E-state index is 6.32.